The molecule has 0 aliphatic rings. The van der Waals surface area contributed by atoms with Crippen LogP contribution in [0, 0.1) is 0 Å². The van der Waals surface area contributed by atoms with Crippen molar-refractivity contribution in [2.45, 2.75) is 11.5 Å². The number of amides is 1. The van der Waals surface area contributed by atoms with Crippen LogP contribution in [0.4, 0.5) is 14.7 Å². The van der Waals surface area contributed by atoms with Crippen LogP contribution in [0.1, 0.15) is 10.4 Å². The molecule has 1 amide bonds. The number of sulfone groups is 1. The fourth-order valence-corrected chi connectivity index (χ4v) is 3.33. The van der Waals surface area contributed by atoms with Gasteiger partial charge in [0.1, 0.15) is 10.6 Å². The van der Waals surface area contributed by atoms with E-state index in [2.05, 4.69) is 25.6 Å². The average molecular weight is 382 g/mol. The Bertz CT molecular complexity index is 887. The summed E-state index contributed by atoms with van der Waals surface area (Å²) in [5, 5.41) is 12.1. The van der Waals surface area contributed by atoms with Crippen molar-refractivity contribution in [2.24, 2.45) is 7.05 Å². The molecular weight excluding hydrogens is 372 g/mol. The number of carbonyl (C=O) groups is 1. The van der Waals surface area contributed by atoms with Gasteiger partial charge in [-0.3, -0.25) is 10.1 Å². The molecular formula is C11H10ClF2N5O4S. The van der Waals surface area contributed by atoms with Gasteiger partial charge in [-0.05, 0) is 22.6 Å². The number of ether oxygens (including phenoxy) is 1. The molecule has 0 saturated heterocycles. The first-order valence-electron chi connectivity index (χ1n) is 6.12. The highest BCUT2D eigenvalue weighted by molar-refractivity contribution is 7.91. The Balaban J connectivity index is 2.49. The predicted octanol–water partition coefficient (Wildman–Crippen LogP) is 1.12. The van der Waals surface area contributed by atoms with Crippen LogP contribution < -0.4 is 10.1 Å². The molecule has 0 atom stereocenters. The minimum atomic E-state index is -4.05. The number of nitrogens with zero attached hydrogens (tertiary/aromatic N) is 4. The van der Waals surface area contributed by atoms with Gasteiger partial charge < -0.3 is 4.74 Å². The summed E-state index contributed by atoms with van der Waals surface area (Å²) in [4.78, 5) is 11.5. The molecule has 9 nitrogen and oxygen atoms in total. The summed E-state index contributed by atoms with van der Waals surface area (Å²) >= 11 is 5.93. The first-order valence-corrected chi connectivity index (χ1v) is 8.39. The van der Waals surface area contributed by atoms with Gasteiger partial charge in [-0.2, -0.15) is 8.78 Å². The number of rotatable bonds is 5. The molecule has 0 spiro atoms. The normalized spacial score (nSPS) is 11.6. The van der Waals surface area contributed by atoms with Gasteiger partial charge in [0.25, 0.3) is 5.91 Å². The van der Waals surface area contributed by atoms with E-state index in [1.165, 1.54) is 7.05 Å². The second kappa shape index (κ2) is 6.65. The minimum absolute atomic E-state index is 0.0233. The zero-order chi connectivity index (χ0) is 18.1. The monoisotopic (exact) mass is 381 g/mol. The number of hydrogen-bond acceptors (Lipinski definition) is 7. The van der Waals surface area contributed by atoms with Crippen LogP contribution in [0.5, 0.6) is 5.75 Å². The molecule has 0 fully saturated rings. The third kappa shape index (κ3) is 3.76. The third-order valence-corrected chi connectivity index (χ3v) is 4.39. The lowest BCUT2D eigenvalue weighted by molar-refractivity contribution is -0.0517. The number of anilines is 1. The number of halogens is 3. The zero-order valence-electron chi connectivity index (χ0n) is 12.2. The Kier molecular flexibility index (Phi) is 4.99. The Morgan fingerprint density at radius 1 is 1.42 bits per heavy atom. The molecule has 1 heterocycles. The van der Waals surface area contributed by atoms with Gasteiger partial charge in [0, 0.05) is 13.3 Å². The number of nitrogens with one attached hydrogen (secondary N) is 1. The predicted molar refractivity (Wildman–Crippen MR) is 77.9 cm³/mol. The third-order valence-electron chi connectivity index (χ3n) is 2.74. The van der Waals surface area contributed by atoms with Crippen molar-refractivity contribution in [2.75, 3.05) is 11.6 Å². The van der Waals surface area contributed by atoms with Crippen LogP contribution in [-0.2, 0) is 16.9 Å². The van der Waals surface area contributed by atoms with E-state index in [9.17, 15) is 22.0 Å². The molecule has 0 saturated carbocycles. The highest BCUT2D eigenvalue weighted by Crippen LogP contribution is 2.35. The first kappa shape index (κ1) is 18.0. The quantitative estimate of drug-likeness (QED) is 0.824. The lowest BCUT2D eigenvalue weighted by atomic mass is 10.2. The number of alkyl halides is 2. The van der Waals surface area contributed by atoms with Gasteiger partial charge >= 0.3 is 6.61 Å². The molecule has 2 aromatic rings. The topological polar surface area (TPSA) is 116 Å². The Morgan fingerprint density at radius 2 is 2.08 bits per heavy atom. The molecule has 0 unspecified atom stereocenters. The fraction of sp³-hybridized carbons (Fsp3) is 0.273. The van der Waals surface area contributed by atoms with Crippen molar-refractivity contribution in [3.63, 3.8) is 0 Å². The molecule has 0 radical (unpaired) electrons. The van der Waals surface area contributed by atoms with E-state index in [0.29, 0.717) is 0 Å². The van der Waals surface area contributed by atoms with Crippen LogP contribution in [-0.4, -0.2) is 47.4 Å². The highest BCUT2D eigenvalue weighted by Gasteiger charge is 2.26. The van der Waals surface area contributed by atoms with Gasteiger partial charge in [0.2, 0.25) is 5.95 Å². The van der Waals surface area contributed by atoms with E-state index in [4.69, 9.17) is 11.6 Å². The Labute approximate surface area is 139 Å². The lowest BCUT2D eigenvalue weighted by Gasteiger charge is -2.13. The molecule has 0 aliphatic heterocycles. The number of tetrazole rings is 1. The summed E-state index contributed by atoms with van der Waals surface area (Å²) in [6.07, 6.45) is 0.751. The van der Waals surface area contributed by atoms with Crippen LogP contribution in [0.3, 0.4) is 0 Å². The van der Waals surface area contributed by atoms with Gasteiger partial charge in [-0.15, -0.1) is 0 Å². The molecule has 1 aromatic carbocycles. The maximum Gasteiger partial charge on any atom is 0.387 e. The van der Waals surface area contributed by atoms with E-state index in [0.717, 1.165) is 23.1 Å². The highest BCUT2D eigenvalue weighted by atomic mass is 35.5. The van der Waals surface area contributed by atoms with Crippen molar-refractivity contribution in [3.8, 4) is 5.75 Å². The van der Waals surface area contributed by atoms with Crippen LogP contribution in [0.2, 0.25) is 5.02 Å². The smallest absolute Gasteiger partial charge is 0.387 e. The van der Waals surface area contributed by atoms with Crippen LogP contribution >= 0.6 is 11.6 Å². The van der Waals surface area contributed by atoms with Gasteiger partial charge in [-0.25, -0.2) is 13.1 Å². The summed E-state index contributed by atoms with van der Waals surface area (Å²) in [6, 6.07) is 1.96. The first-order chi connectivity index (χ1) is 11.1. The molecule has 0 aliphatic carbocycles. The van der Waals surface area contributed by atoms with Crippen LogP contribution in [0.25, 0.3) is 0 Å². The largest absolute Gasteiger partial charge is 0.433 e. The van der Waals surface area contributed by atoms with Crippen molar-refractivity contribution < 1.29 is 26.7 Å². The molecule has 1 N–H and O–H groups in total. The summed E-state index contributed by atoms with van der Waals surface area (Å²) in [5.74, 6) is -1.51. The van der Waals surface area contributed by atoms with Gasteiger partial charge in [0.05, 0.1) is 10.6 Å². The van der Waals surface area contributed by atoms with E-state index in [-0.39, 0.29) is 11.5 Å². The molecule has 130 valence electrons. The van der Waals surface area contributed by atoms with Gasteiger partial charge in [0.15, 0.2) is 9.84 Å². The van der Waals surface area contributed by atoms with E-state index < -0.39 is 38.0 Å². The Hall–Kier alpha value is -2.34. The fourth-order valence-electron chi connectivity index (χ4n) is 1.75. The standard InChI is InChI=1S/C11H10ClF2N5O4S/c1-19-11(16-17-18-19)15-9(20)5-3-4-6(23-10(13)14)8(7(5)12)24(2,21)22/h3-4,10H,1-2H3,(H,15,16,18,20). The van der Waals surface area contributed by atoms with Gasteiger partial charge in [-0.1, -0.05) is 16.7 Å². The second-order valence-electron chi connectivity index (χ2n) is 4.49. The number of hydrogen-bond donors (Lipinski definition) is 1. The number of benzene rings is 1. The maximum atomic E-state index is 12.4. The lowest BCUT2D eigenvalue weighted by Crippen LogP contribution is -2.17. The van der Waals surface area contributed by atoms with E-state index in [1.807, 2.05) is 0 Å². The Morgan fingerprint density at radius 3 is 2.58 bits per heavy atom. The SMILES string of the molecule is Cn1nnnc1NC(=O)c1ccc(OC(F)F)c(S(C)(=O)=O)c1Cl. The molecule has 0 bridgehead atoms. The molecule has 1 aromatic heterocycles. The molecule has 2 rings (SSSR count). The summed E-state index contributed by atoms with van der Waals surface area (Å²) in [7, 11) is -2.59. The van der Waals surface area contributed by atoms with E-state index in [1.54, 1.807) is 0 Å². The minimum Gasteiger partial charge on any atom is -0.433 e. The second-order valence-corrected chi connectivity index (χ2v) is 6.82. The van der Waals surface area contributed by atoms with Crippen molar-refractivity contribution in [1.82, 2.24) is 20.2 Å². The maximum absolute atomic E-state index is 12.4. The van der Waals surface area contributed by atoms with Crippen molar-refractivity contribution in [1.29, 1.82) is 0 Å². The summed E-state index contributed by atoms with van der Waals surface area (Å²) in [5.41, 5.74) is -0.276. The number of aryl methyl sites for hydroxylation is 1. The van der Waals surface area contributed by atoms with E-state index >= 15 is 0 Å². The van der Waals surface area contributed by atoms with Crippen molar-refractivity contribution >= 4 is 33.3 Å². The number of carbonyl (C=O) groups excluding carboxylic acids is 1. The molecule has 24 heavy (non-hydrogen) atoms. The number of aromatic nitrogens is 4. The summed E-state index contributed by atoms with van der Waals surface area (Å²) in [6.45, 7) is -3.26. The summed E-state index contributed by atoms with van der Waals surface area (Å²) < 4.78 is 53.8. The van der Waals surface area contributed by atoms with Crippen LogP contribution in [0.15, 0.2) is 17.0 Å². The molecule has 13 heteroatoms. The zero-order valence-corrected chi connectivity index (χ0v) is 13.8. The average Bonchev–Trinajstić information content (AvgIpc) is 2.82. The van der Waals surface area contributed by atoms with Crippen molar-refractivity contribution in [3.05, 3.63) is 22.7 Å².